The first-order valence-corrected chi connectivity index (χ1v) is 24.3. The van der Waals surface area contributed by atoms with Crippen LogP contribution in [0.3, 0.4) is 0 Å². The summed E-state index contributed by atoms with van der Waals surface area (Å²) in [7, 11) is 0. The highest BCUT2D eigenvalue weighted by Crippen LogP contribution is 2.13. The molecule has 0 amide bonds. The molecular weight excluding hydrogens is 721 g/mol. The minimum atomic E-state index is -0.779. The lowest BCUT2D eigenvalue weighted by atomic mass is 10.1. The molecule has 0 aromatic rings. The lowest BCUT2D eigenvalue weighted by Crippen LogP contribution is -2.30. The molecule has 6 heteroatoms. The molecule has 0 heterocycles. The van der Waals surface area contributed by atoms with Gasteiger partial charge >= 0.3 is 17.9 Å². The van der Waals surface area contributed by atoms with Crippen molar-refractivity contribution in [2.24, 2.45) is 0 Å². The SMILES string of the molecule is CC/C=C\C/C=C\C/C=C\C/C=C\CCCCCCCCC(=O)OCC(COC(=O)CCCCCCCC)OC(=O)CCCCCCC/C=C\CCCCCCCC. The molecule has 0 spiro atoms. The molecule has 0 fully saturated rings. The van der Waals surface area contributed by atoms with E-state index in [1.165, 1.54) is 89.9 Å². The Kier molecular flexibility index (Phi) is 44.5. The zero-order chi connectivity index (χ0) is 42.3. The van der Waals surface area contributed by atoms with Crippen LogP contribution < -0.4 is 0 Å². The molecule has 334 valence electrons. The van der Waals surface area contributed by atoms with Gasteiger partial charge in [-0.25, -0.2) is 0 Å². The second kappa shape index (κ2) is 46.8. The number of allylic oxidation sites excluding steroid dienone is 10. The Balaban J connectivity index is 4.27. The monoisotopic (exact) mass is 811 g/mol. The summed E-state index contributed by atoms with van der Waals surface area (Å²) in [5, 5.41) is 0. The number of carbonyl (C=O) groups is 3. The van der Waals surface area contributed by atoms with Crippen LogP contribution in [0.5, 0.6) is 0 Å². The summed E-state index contributed by atoms with van der Waals surface area (Å²) in [6.07, 6.45) is 56.5. The van der Waals surface area contributed by atoms with Crippen molar-refractivity contribution in [2.75, 3.05) is 13.2 Å². The quantitative estimate of drug-likeness (QED) is 0.0264. The molecule has 0 saturated heterocycles. The van der Waals surface area contributed by atoms with Gasteiger partial charge in [0.1, 0.15) is 13.2 Å². The van der Waals surface area contributed by atoms with Gasteiger partial charge in [0.25, 0.3) is 0 Å². The Morgan fingerprint density at radius 3 is 1.07 bits per heavy atom. The number of hydrogen-bond acceptors (Lipinski definition) is 6. The van der Waals surface area contributed by atoms with Crippen molar-refractivity contribution in [2.45, 2.75) is 239 Å². The second-order valence-corrected chi connectivity index (χ2v) is 16.0. The molecule has 0 aliphatic carbocycles. The van der Waals surface area contributed by atoms with Gasteiger partial charge in [-0.05, 0) is 83.5 Å². The van der Waals surface area contributed by atoms with Gasteiger partial charge in [-0.1, -0.05) is 191 Å². The number of ether oxygens (including phenoxy) is 3. The predicted molar refractivity (Wildman–Crippen MR) is 247 cm³/mol. The van der Waals surface area contributed by atoms with E-state index in [4.69, 9.17) is 14.2 Å². The van der Waals surface area contributed by atoms with Crippen molar-refractivity contribution in [1.29, 1.82) is 0 Å². The Hall–Kier alpha value is -2.89. The molecule has 0 aliphatic rings. The van der Waals surface area contributed by atoms with Crippen LogP contribution >= 0.6 is 0 Å². The fraction of sp³-hybridized carbons (Fsp3) is 0.750. The van der Waals surface area contributed by atoms with Gasteiger partial charge in [-0.3, -0.25) is 14.4 Å². The molecule has 0 saturated carbocycles. The van der Waals surface area contributed by atoms with Gasteiger partial charge in [-0.15, -0.1) is 0 Å². The summed E-state index contributed by atoms with van der Waals surface area (Å²) in [4.78, 5) is 37.7. The molecule has 1 unspecified atom stereocenters. The predicted octanol–water partition coefficient (Wildman–Crippen LogP) is 15.7. The number of unbranched alkanes of at least 4 members (excludes halogenated alkanes) is 22. The molecule has 0 N–H and O–H groups in total. The molecule has 0 rings (SSSR count). The van der Waals surface area contributed by atoms with E-state index in [9.17, 15) is 14.4 Å². The first-order valence-electron chi connectivity index (χ1n) is 24.3. The van der Waals surface area contributed by atoms with E-state index in [2.05, 4.69) is 81.5 Å². The molecule has 0 radical (unpaired) electrons. The molecule has 1 atom stereocenters. The zero-order valence-corrected chi connectivity index (χ0v) is 38.0. The average Bonchev–Trinajstić information content (AvgIpc) is 3.22. The lowest BCUT2D eigenvalue weighted by molar-refractivity contribution is -0.167. The molecule has 58 heavy (non-hydrogen) atoms. The van der Waals surface area contributed by atoms with Crippen molar-refractivity contribution >= 4 is 17.9 Å². The molecule has 0 aromatic carbocycles. The molecule has 0 aromatic heterocycles. The van der Waals surface area contributed by atoms with E-state index >= 15 is 0 Å². The van der Waals surface area contributed by atoms with E-state index in [1.807, 2.05) is 0 Å². The number of rotatable bonds is 43. The number of carbonyl (C=O) groups excluding carboxylic acids is 3. The summed E-state index contributed by atoms with van der Waals surface area (Å²) in [6.45, 7) is 6.44. The average molecular weight is 811 g/mol. The van der Waals surface area contributed by atoms with Crippen LogP contribution in [0.2, 0.25) is 0 Å². The fourth-order valence-corrected chi connectivity index (χ4v) is 6.60. The van der Waals surface area contributed by atoms with E-state index in [0.29, 0.717) is 19.3 Å². The first-order chi connectivity index (χ1) is 28.5. The topological polar surface area (TPSA) is 78.9 Å². The van der Waals surface area contributed by atoms with Gasteiger partial charge < -0.3 is 14.2 Å². The highest BCUT2D eigenvalue weighted by atomic mass is 16.6. The van der Waals surface area contributed by atoms with Crippen LogP contribution in [-0.2, 0) is 28.6 Å². The smallest absolute Gasteiger partial charge is 0.306 e. The standard InChI is InChI=1S/C52H90O6/c1-4-7-10-13-16-18-20-22-24-25-26-27-29-30-32-34-36-39-42-45-51(54)57-48-49(47-56-50(53)44-41-38-15-12-9-6-3)58-52(55)46-43-40-37-35-33-31-28-23-21-19-17-14-11-8-5-2/h7,10,16,18,22-24,26-28,49H,4-6,8-9,11-15,17,19-21,25,29-48H2,1-3H3/b10-7-,18-16-,24-22-,27-26-,28-23-. The van der Waals surface area contributed by atoms with E-state index in [1.54, 1.807) is 0 Å². The summed E-state index contributed by atoms with van der Waals surface area (Å²) >= 11 is 0. The van der Waals surface area contributed by atoms with Crippen molar-refractivity contribution in [3.05, 3.63) is 60.8 Å². The zero-order valence-electron chi connectivity index (χ0n) is 38.0. The lowest BCUT2D eigenvalue weighted by Gasteiger charge is -2.18. The maximum absolute atomic E-state index is 12.7. The van der Waals surface area contributed by atoms with Gasteiger partial charge in [-0.2, -0.15) is 0 Å². The maximum Gasteiger partial charge on any atom is 0.306 e. The summed E-state index contributed by atoms with van der Waals surface area (Å²) < 4.78 is 16.7. The third kappa shape index (κ3) is 44.2. The fourth-order valence-electron chi connectivity index (χ4n) is 6.60. The third-order valence-electron chi connectivity index (χ3n) is 10.3. The van der Waals surface area contributed by atoms with Crippen LogP contribution in [0.15, 0.2) is 60.8 Å². The van der Waals surface area contributed by atoms with Crippen molar-refractivity contribution < 1.29 is 28.6 Å². The van der Waals surface area contributed by atoms with Crippen molar-refractivity contribution in [1.82, 2.24) is 0 Å². The van der Waals surface area contributed by atoms with Crippen LogP contribution in [0.25, 0.3) is 0 Å². The van der Waals surface area contributed by atoms with E-state index < -0.39 is 6.10 Å². The summed E-state index contributed by atoms with van der Waals surface area (Å²) in [5.41, 5.74) is 0. The van der Waals surface area contributed by atoms with Crippen molar-refractivity contribution in [3.8, 4) is 0 Å². The van der Waals surface area contributed by atoms with Crippen molar-refractivity contribution in [3.63, 3.8) is 0 Å². The van der Waals surface area contributed by atoms with Crippen LogP contribution in [-0.4, -0.2) is 37.2 Å². The minimum absolute atomic E-state index is 0.0824. The highest BCUT2D eigenvalue weighted by molar-refractivity contribution is 5.71. The van der Waals surface area contributed by atoms with E-state index in [0.717, 1.165) is 103 Å². The Bertz CT molecular complexity index is 1070. The Labute approximate surface area is 358 Å². The molecular formula is C52H90O6. The van der Waals surface area contributed by atoms with Gasteiger partial charge in [0, 0.05) is 19.3 Å². The number of esters is 3. The largest absolute Gasteiger partial charge is 0.462 e. The summed E-state index contributed by atoms with van der Waals surface area (Å²) in [5.74, 6) is -0.915. The first kappa shape index (κ1) is 55.1. The van der Waals surface area contributed by atoms with Crippen LogP contribution in [0, 0.1) is 0 Å². The maximum atomic E-state index is 12.7. The molecule has 6 nitrogen and oxygen atoms in total. The normalized spacial score (nSPS) is 12.5. The third-order valence-corrected chi connectivity index (χ3v) is 10.3. The van der Waals surface area contributed by atoms with Crippen LogP contribution in [0.4, 0.5) is 0 Å². The van der Waals surface area contributed by atoms with Crippen LogP contribution in [0.1, 0.15) is 233 Å². The molecule has 0 bridgehead atoms. The van der Waals surface area contributed by atoms with Gasteiger partial charge in [0.2, 0.25) is 0 Å². The van der Waals surface area contributed by atoms with Gasteiger partial charge in [0.05, 0.1) is 0 Å². The van der Waals surface area contributed by atoms with Gasteiger partial charge in [0.15, 0.2) is 6.10 Å². The number of hydrogen-bond donors (Lipinski definition) is 0. The summed E-state index contributed by atoms with van der Waals surface area (Å²) in [6, 6.07) is 0. The Morgan fingerprint density at radius 1 is 0.362 bits per heavy atom. The van der Waals surface area contributed by atoms with E-state index in [-0.39, 0.29) is 31.1 Å². The Morgan fingerprint density at radius 2 is 0.672 bits per heavy atom. The minimum Gasteiger partial charge on any atom is -0.462 e. The molecule has 0 aliphatic heterocycles. The second-order valence-electron chi connectivity index (χ2n) is 16.0. The highest BCUT2D eigenvalue weighted by Gasteiger charge is 2.19.